The highest BCUT2D eigenvalue weighted by atomic mass is 19.1. The molecule has 2 aromatic rings. The lowest BCUT2D eigenvalue weighted by Crippen LogP contribution is -2.30. The Hall–Kier alpha value is -2.24. The van der Waals surface area contributed by atoms with Crippen LogP contribution in [0.25, 0.3) is 11.4 Å². The summed E-state index contributed by atoms with van der Waals surface area (Å²) in [5, 5.41) is 6.50. The highest BCUT2D eigenvalue weighted by molar-refractivity contribution is 5.76. The fourth-order valence-electron chi connectivity index (χ4n) is 1.72. The van der Waals surface area contributed by atoms with Crippen molar-refractivity contribution < 1.29 is 13.7 Å². The summed E-state index contributed by atoms with van der Waals surface area (Å²) in [5.41, 5.74) is 0.286. The van der Waals surface area contributed by atoms with E-state index in [-0.39, 0.29) is 29.8 Å². The summed E-state index contributed by atoms with van der Waals surface area (Å²) in [5.74, 6) is 0.0348. The number of carbonyl (C=O) groups excluding carboxylic acids is 1. The number of hydrogen-bond donors (Lipinski definition) is 1. The Balaban J connectivity index is 2.00. The van der Waals surface area contributed by atoms with Gasteiger partial charge in [-0.05, 0) is 26.0 Å². The minimum Gasteiger partial charge on any atom is -0.354 e. The first kappa shape index (κ1) is 14.2. The molecule has 0 aliphatic heterocycles. The molecule has 1 aromatic heterocycles. The third-order valence-electron chi connectivity index (χ3n) is 2.60. The van der Waals surface area contributed by atoms with E-state index in [9.17, 15) is 9.18 Å². The molecular weight excluding hydrogens is 261 g/mol. The van der Waals surface area contributed by atoms with Crippen molar-refractivity contribution >= 4 is 5.91 Å². The van der Waals surface area contributed by atoms with Crippen molar-refractivity contribution in [2.45, 2.75) is 32.7 Å². The van der Waals surface area contributed by atoms with Crippen LogP contribution in [0.1, 0.15) is 26.2 Å². The van der Waals surface area contributed by atoms with E-state index < -0.39 is 5.82 Å². The van der Waals surface area contributed by atoms with Crippen LogP contribution in [0.3, 0.4) is 0 Å². The van der Waals surface area contributed by atoms with Gasteiger partial charge in [0.05, 0.1) is 5.56 Å². The van der Waals surface area contributed by atoms with Crippen molar-refractivity contribution in [3.05, 3.63) is 36.0 Å². The smallest absolute Gasteiger partial charge is 0.227 e. The van der Waals surface area contributed by atoms with Crippen LogP contribution in [0.5, 0.6) is 0 Å². The molecule has 5 nitrogen and oxygen atoms in total. The molecule has 2 rings (SSSR count). The van der Waals surface area contributed by atoms with Crippen LogP contribution < -0.4 is 5.32 Å². The minimum atomic E-state index is -0.405. The molecule has 0 aliphatic rings. The zero-order chi connectivity index (χ0) is 14.5. The van der Waals surface area contributed by atoms with Crippen LogP contribution in [0.2, 0.25) is 0 Å². The first-order valence-electron chi connectivity index (χ1n) is 6.43. The van der Waals surface area contributed by atoms with Gasteiger partial charge >= 0.3 is 0 Å². The number of hydrogen-bond acceptors (Lipinski definition) is 4. The monoisotopic (exact) mass is 277 g/mol. The van der Waals surface area contributed by atoms with Gasteiger partial charge in [0.2, 0.25) is 17.6 Å². The van der Waals surface area contributed by atoms with Gasteiger partial charge in [0, 0.05) is 18.9 Å². The van der Waals surface area contributed by atoms with Gasteiger partial charge in [0.1, 0.15) is 5.82 Å². The predicted octanol–water partition coefficient (Wildman–Crippen LogP) is 2.33. The van der Waals surface area contributed by atoms with Crippen LogP contribution in [0.15, 0.2) is 28.8 Å². The summed E-state index contributed by atoms with van der Waals surface area (Å²) in [6.07, 6.45) is 0.594. The summed E-state index contributed by atoms with van der Waals surface area (Å²) >= 11 is 0. The fraction of sp³-hybridized carbons (Fsp3) is 0.357. The maximum Gasteiger partial charge on any atom is 0.227 e. The van der Waals surface area contributed by atoms with E-state index in [1.54, 1.807) is 18.2 Å². The third-order valence-corrected chi connectivity index (χ3v) is 2.60. The van der Waals surface area contributed by atoms with E-state index in [1.807, 2.05) is 13.8 Å². The molecule has 1 amide bonds. The lowest BCUT2D eigenvalue weighted by atomic mass is 10.2. The molecule has 6 heteroatoms. The normalized spacial score (nSPS) is 10.8. The second kappa shape index (κ2) is 6.27. The van der Waals surface area contributed by atoms with E-state index in [4.69, 9.17) is 4.52 Å². The molecule has 1 N–H and O–H groups in total. The molecule has 0 radical (unpaired) electrons. The van der Waals surface area contributed by atoms with Gasteiger partial charge < -0.3 is 9.84 Å². The van der Waals surface area contributed by atoms with Gasteiger partial charge in [-0.1, -0.05) is 17.3 Å². The molecule has 0 saturated heterocycles. The van der Waals surface area contributed by atoms with Crippen LogP contribution in [-0.4, -0.2) is 22.1 Å². The number of halogens is 1. The predicted molar refractivity (Wildman–Crippen MR) is 71.3 cm³/mol. The molecular formula is C14H16FN3O2. The Morgan fingerprint density at radius 3 is 2.85 bits per heavy atom. The number of benzene rings is 1. The van der Waals surface area contributed by atoms with E-state index in [0.717, 1.165) is 0 Å². The van der Waals surface area contributed by atoms with Gasteiger partial charge in [-0.25, -0.2) is 4.39 Å². The van der Waals surface area contributed by atoms with Crippen LogP contribution in [0.4, 0.5) is 4.39 Å². The zero-order valence-corrected chi connectivity index (χ0v) is 11.4. The molecule has 0 unspecified atom stereocenters. The molecule has 1 aromatic carbocycles. The summed E-state index contributed by atoms with van der Waals surface area (Å²) in [4.78, 5) is 15.6. The zero-order valence-electron chi connectivity index (χ0n) is 11.4. The molecule has 0 bridgehead atoms. The highest BCUT2D eigenvalue weighted by Gasteiger charge is 2.13. The van der Waals surface area contributed by atoms with Crippen LogP contribution in [0, 0.1) is 5.82 Å². The number of rotatable bonds is 5. The Bertz CT molecular complexity index is 596. The summed E-state index contributed by atoms with van der Waals surface area (Å²) < 4.78 is 18.6. The maximum atomic E-state index is 13.6. The van der Waals surface area contributed by atoms with Crippen LogP contribution >= 0.6 is 0 Å². The summed E-state index contributed by atoms with van der Waals surface area (Å²) in [6.45, 7) is 3.78. The number of nitrogens with one attached hydrogen (secondary N) is 1. The lowest BCUT2D eigenvalue weighted by Gasteiger charge is -2.06. The lowest BCUT2D eigenvalue weighted by molar-refractivity contribution is -0.121. The van der Waals surface area contributed by atoms with Crippen molar-refractivity contribution in [3.63, 3.8) is 0 Å². The van der Waals surface area contributed by atoms with E-state index in [2.05, 4.69) is 15.5 Å². The average Bonchev–Trinajstić information content (AvgIpc) is 2.85. The number of aryl methyl sites for hydroxylation is 1. The van der Waals surface area contributed by atoms with Gasteiger partial charge in [0.15, 0.2) is 0 Å². The molecule has 0 spiro atoms. The molecule has 0 fully saturated rings. The summed E-state index contributed by atoms with van der Waals surface area (Å²) in [7, 11) is 0. The fourth-order valence-corrected chi connectivity index (χ4v) is 1.72. The first-order chi connectivity index (χ1) is 9.56. The Labute approximate surface area is 116 Å². The topological polar surface area (TPSA) is 68.0 Å². The SMILES string of the molecule is CC(C)NC(=O)CCc1nc(-c2ccccc2F)no1. The van der Waals surface area contributed by atoms with Gasteiger partial charge in [-0.15, -0.1) is 0 Å². The quantitative estimate of drug-likeness (QED) is 0.910. The largest absolute Gasteiger partial charge is 0.354 e. The molecule has 106 valence electrons. The molecule has 1 heterocycles. The molecule has 0 saturated carbocycles. The van der Waals surface area contributed by atoms with Crippen molar-refractivity contribution in [2.24, 2.45) is 0 Å². The summed E-state index contributed by atoms with van der Waals surface area (Å²) in [6, 6.07) is 6.30. The second-order valence-electron chi connectivity index (χ2n) is 4.71. The van der Waals surface area contributed by atoms with Gasteiger partial charge in [0.25, 0.3) is 0 Å². The standard InChI is InChI=1S/C14H16FN3O2/c1-9(2)16-12(19)7-8-13-17-14(18-20-13)10-5-3-4-6-11(10)15/h3-6,9H,7-8H2,1-2H3,(H,16,19). The molecule has 0 atom stereocenters. The third kappa shape index (κ3) is 3.63. The van der Waals surface area contributed by atoms with Crippen molar-refractivity contribution in [1.29, 1.82) is 0 Å². The number of carbonyl (C=O) groups is 1. The van der Waals surface area contributed by atoms with Crippen LogP contribution in [-0.2, 0) is 11.2 Å². The van der Waals surface area contributed by atoms with Crippen molar-refractivity contribution in [3.8, 4) is 11.4 Å². The minimum absolute atomic E-state index is 0.0781. The Kier molecular flexibility index (Phi) is 4.45. The average molecular weight is 277 g/mol. The van der Waals surface area contributed by atoms with Crippen molar-refractivity contribution in [2.75, 3.05) is 0 Å². The highest BCUT2D eigenvalue weighted by Crippen LogP contribution is 2.19. The maximum absolute atomic E-state index is 13.6. The second-order valence-corrected chi connectivity index (χ2v) is 4.71. The van der Waals surface area contributed by atoms with E-state index in [1.165, 1.54) is 6.07 Å². The number of amides is 1. The number of nitrogens with zero attached hydrogens (tertiary/aromatic N) is 2. The molecule has 20 heavy (non-hydrogen) atoms. The Morgan fingerprint density at radius 2 is 2.15 bits per heavy atom. The van der Waals surface area contributed by atoms with Gasteiger partial charge in [-0.2, -0.15) is 4.98 Å². The van der Waals surface area contributed by atoms with E-state index in [0.29, 0.717) is 12.3 Å². The van der Waals surface area contributed by atoms with E-state index >= 15 is 0 Å². The van der Waals surface area contributed by atoms with Crippen molar-refractivity contribution in [1.82, 2.24) is 15.5 Å². The number of aromatic nitrogens is 2. The molecule has 0 aliphatic carbocycles. The van der Waals surface area contributed by atoms with Gasteiger partial charge in [-0.3, -0.25) is 4.79 Å². The Morgan fingerprint density at radius 1 is 1.40 bits per heavy atom. The first-order valence-corrected chi connectivity index (χ1v) is 6.43.